The number of carbonyl (C=O) groups excluding carboxylic acids is 1. The zero-order valence-corrected chi connectivity index (χ0v) is 14.4. The molecule has 2 aromatic rings. The summed E-state index contributed by atoms with van der Waals surface area (Å²) < 4.78 is 27.4. The maximum Gasteiger partial charge on any atom is 0.261 e. The number of ketones is 1. The maximum atomic E-state index is 12.4. The number of carbonyl (C=O) groups is 1. The molecule has 0 fully saturated rings. The predicted octanol–water partition coefficient (Wildman–Crippen LogP) is 4.20. The lowest BCUT2D eigenvalue weighted by molar-refractivity contribution is 0.101. The highest BCUT2D eigenvalue weighted by Crippen LogP contribution is 2.22. The van der Waals surface area contributed by atoms with E-state index in [9.17, 15) is 13.2 Å². The Morgan fingerprint density at radius 2 is 1.78 bits per heavy atom. The summed E-state index contributed by atoms with van der Waals surface area (Å²) >= 11 is 0. The van der Waals surface area contributed by atoms with E-state index in [1.165, 1.54) is 24.6 Å². The lowest BCUT2D eigenvalue weighted by Crippen LogP contribution is -2.13. The molecule has 0 heterocycles. The maximum absolute atomic E-state index is 12.4. The molecule has 122 valence electrons. The van der Waals surface area contributed by atoms with Crippen molar-refractivity contribution in [2.45, 2.75) is 38.0 Å². The lowest BCUT2D eigenvalue weighted by atomic mass is 9.99. The van der Waals surface area contributed by atoms with Crippen LogP contribution in [0.25, 0.3) is 0 Å². The smallest absolute Gasteiger partial charge is 0.261 e. The molecule has 2 aromatic carbocycles. The zero-order valence-electron chi connectivity index (χ0n) is 13.5. The minimum absolute atomic E-state index is 0.0798. The summed E-state index contributed by atoms with van der Waals surface area (Å²) in [6, 6.07) is 13.4. The van der Waals surface area contributed by atoms with E-state index in [0.29, 0.717) is 17.2 Å². The molecule has 0 radical (unpaired) electrons. The molecule has 0 amide bonds. The molecule has 0 aliphatic heterocycles. The quantitative estimate of drug-likeness (QED) is 0.807. The van der Waals surface area contributed by atoms with E-state index in [1.807, 2.05) is 12.1 Å². The van der Waals surface area contributed by atoms with E-state index in [4.69, 9.17) is 0 Å². The van der Waals surface area contributed by atoms with E-state index in [0.717, 1.165) is 6.42 Å². The van der Waals surface area contributed by atoms with Crippen LogP contribution in [0.4, 0.5) is 5.69 Å². The molecular formula is C18H21NO3S. The fourth-order valence-corrected chi connectivity index (χ4v) is 3.32. The molecule has 0 saturated carbocycles. The van der Waals surface area contributed by atoms with E-state index >= 15 is 0 Å². The second-order valence-electron chi connectivity index (χ2n) is 5.62. The Balaban J connectivity index is 2.24. The van der Waals surface area contributed by atoms with E-state index in [1.54, 1.807) is 24.3 Å². The van der Waals surface area contributed by atoms with Crippen LogP contribution in [-0.2, 0) is 10.0 Å². The summed E-state index contributed by atoms with van der Waals surface area (Å²) in [5.74, 6) is 0.271. The van der Waals surface area contributed by atoms with E-state index in [-0.39, 0.29) is 10.7 Å². The summed E-state index contributed by atoms with van der Waals surface area (Å²) in [7, 11) is -3.71. The van der Waals surface area contributed by atoms with E-state index in [2.05, 4.69) is 18.6 Å². The van der Waals surface area contributed by atoms with Crippen molar-refractivity contribution < 1.29 is 13.2 Å². The molecule has 0 aromatic heterocycles. The first-order valence-electron chi connectivity index (χ1n) is 7.57. The van der Waals surface area contributed by atoms with Gasteiger partial charge >= 0.3 is 0 Å². The normalized spacial score (nSPS) is 12.7. The number of sulfonamides is 1. The number of hydrogen-bond donors (Lipinski definition) is 1. The Bertz CT molecular complexity index is 795. The van der Waals surface area contributed by atoms with Gasteiger partial charge in [-0.15, -0.1) is 0 Å². The summed E-state index contributed by atoms with van der Waals surface area (Å²) in [6.07, 6.45) is 1.03. The van der Waals surface area contributed by atoms with Crippen LogP contribution in [0.15, 0.2) is 53.4 Å². The monoisotopic (exact) mass is 331 g/mol. The van der Waals surface area contributed by atoms with Gasteiger partial charge in [-0.2, -0.15) is 0 Å². The first-order valence-corrected chi connectivity index (χ1v) is 9.05. The Labute approximate surface area is 137 Å². The van der Waals surface area contributed by atoms with Gasteiger partial charge in [0.05, 0.1) is 4.90 Å². The minimum atomic E-state index is -3.71. The molecule has 23 heavy (non-hydrogen) atoms. The highest BCUT2D eigenvalue weighted by atomic mass is 32.2. The number of benzene rings is 2. The van der Waals surface area contributed by atoms with Crippen LogP contribution in [0.1, 0.15) is 49.0 Å². The number of hydrogen-bond acceptors (Lipinski definition) is 3. The van der Waals surface area contributed by atoms with Gasteiger partial charge in [-0.25, -0.2) is 8.42 Å². The Hall–Kier alpha value is -2.14. The zero-order chi connectivity index (χ0) is 17.0. The molecule has 0 saturated heterocycles. The van der Waals surface area contributed by atoms with Gasteiger partial charge in [0.1, 0.15) is 0 Å². The van der Waals surface area contributed by atoms with Crippen LogP contribution >= 0.6 is 0 Å². The van der Waals surface area contributed by atoms with Crippen LogP contribution in [0.2, 0.25) is 0 Å². The largest absolute Gasteiger partial charge is 0.295 e. The average molecular weight is 331 g/mol. The third-order valence-electron chi connectivity index (χ3n) is 3.90. The van der Waals surface area contributed by atoms with Gasteiger partial charge in [0.25, 0.3) is 10.0 Å². The molecule has 4 nitrogen and oxygen atoms in total. The lowest BCUT2D eigenvalue weighted by Gasteiger charge is -2.12. The SMILES string of the molecule is CC[C@@H](C)c1ccc(NS(=O)(=O)c2cccc(C(C)=O)c2)cc1. The van der Waals surface area contributed by atoms with Gasteiger partial charge in [0, 0.05) is 11.3 Å². The minimum Gasteiger partial charge on any atom is -0.295 e. The van der Waals surface area contributed by atoms with Crippen molar-refractivity contribution in [1.82, 2.24) is 0 Å². The predicted molar refractivity (Wildman–Crippen MR) is 92.4 cm³/mol. The molecule has 0 bridgehead atoms. The van der Waals surface area contributed by atoms with Gasteiger partial charge in [0.2, 0.25) is 0 Å². The second kappa shape index (κ2) is 6.96. The fraction of sp³-hybridized carbons (Fsp3) is 0.278. The highest BCUT2D eigenvalue weighted by Gasteiger charge is 2.15. The average Bonchev–Trinajstić information content (AvgIpc) is 2.54. The number of nitrogens with one attached hydrogen (secondary N) is 1. The number of anilines is 1. The number of Topliss-reactive ketones (excluding diaryl/α,β-unsaturated/α-hetero) is 1. The van der Waals surface area contributed by atoms with Crippen LogP contribution in [-0.4, -0.2) is 14.2 Å². The third kappa shape index (κ3) is 4.20. The van der Waals surface area contributed by atoms with Crippen molar-refractivity contribution in [3.05, 3.63) is 59.7 Å². The first kappa shape index (κ1) is 17.2. The first-order chi connectivity index (χ1) is 10.8. The molecule has 5 heteroatoms. The van der Waals surface area contributed by atoms with Crippen LogP contribution in [0.5, 0.6) is 0 Å². The molecule has 1 N–H and O–H groups in total. The molecule has 0 unspecified atom stereocenters. The molecule has 0 aliphatic rings. The third-order valence-corrected chi connectivity index (χ3v) is 5.27. The van der Waals surface area contributed by atoms with Crippen molar-refractivity contribution in [1.29, 1.82) is 0 Å². The van der Waals surface area contributed by atoms with Crippen molar-refractivity contribution >= 4 is 21.5 Å². The molecular weight excluding hydrogens is 310 g/mol. The van der Waals surface area contributed by atoms with Crippen LogP contribution < -0.4 is 4.72 Å². The standard InChI is InChI=1S/C18H21NO3S/c1-4-13(2)15-8-10-17(11-9-15)19-23(21,22)18-7-5-6-16(12-18)14(3)20/h5-13,19H,4H2,1-3H3/t13-/m1/s1. The van der Waals surface area contributed by atoms with Gasteiger partial charge in [-0.1, -0.05) is 38.1 Å². The summed E-state index contributed by atoms with van der Waals surface area (Å²) in [5.41, 5.74) is 2.05. The molecule has 1 atom stereocenters. The topological polar surface area (TPSA) is 63.2 Å². The fourth-order valence-electron chi connectivity index (χ4n) is 2.21. The van der Waals surface area contributed by atoms with Gasteiger partial charge in [-0.05, 0) is 49.1 Å². The highest BCUT2D eigenvalue weighted by molar-refractivity contribution is 7.92. The Kier molecular flexibility index (Phi) is 5.21. The van der Waals surface area contributed by atoms with Crippen LogP contribution in [0.3, 0.4) is 0 Å². The molecule has 0 aliphatic carbocycles. The summed E-state index contributed by atoms with van der Waals surface area (Å²) in [4.78, 5) is 11.5. The summed E-state index contributed by atoms with van der Waals surface area (Å²) in [5, 5.41) is 0. The van der Waals surface area contributed by atoms with Gasteiger partial charge in [-0.3, -0.25) is 9.52 Å². The van der Waals surface area contributed by atoms with Crippen molar-refractivity contribution in [3.8, 4) is 0 Å². The Morgan fingerprint density at radius 3 is 2.35 bits per heavy atom. The molecule has 2 rings (SSSR count). The van der Waals surface area contributed by atoms with Crippen molar-refractivity contribution in [2.24, 2.45) is 0 Å². The van der Waals surface area contributed by atoms with Crippen molar-refractivity contribution in [2.75, 3.05) is 4.72 Å². The molecule has 0 spiro atoms. The van der Waals surface area contributed by atoms with E-state index < -0.39 is 10.0 Å². The van der Waals surface area contributed by atoms with Crippen molar-refractivity contribution in [3.63, 3.8) is 0 Å². The summed E-state index contributed by atoms with van der Waals surface area (Å²) in [6.45, 7) is 5.66. The van der Waals surface area contributed by atoms with Gasteiger partial charge < -0.3 is 0 Å². The second-order valence-corrected chi connectivity index (χ2v) is 7.30. The van der Waals surface area contributed by atoms with Crippen LogP contribution in [0, 0.1) is 0 Å². The number of rotatable bonds is 6. The Morgan fingerprint density at radius 1 is 1.13 bits per heavy atom. The van der Waals surface area contributed by atoms with Gasteiger partial charge in [0.15, 0.2) is 5.78 Å².